The minimum Gasteiger partial charge on any atom is -0.462 e. The third-order valence-corrected chi connectivity index (χ3v) is 8.32. The molecule has 0 bridgehead atoms. The maximum atomic E-state index is 13.0. The Morgan fingerprint density at radius 3 is 2.70 bits per heavy atom. The Kier molecular flexibility index (Phi) is 7.04. The van der Waals surface area contributed by atoms with Crippen LogP contribution in [0.4, 0.5) is 0 Å². The quantitative estimate of drug-likeness (QED) is 0.512. The van der Waals surface area contributed by atoms with Crippen molar-refractivity contribution in [1.29, 1.82) is 0 Å². The Bertz CT molecular complexity index is 668. The van der Waals surface area contributed by atoms with Crippen LogP contribution < -0.4 is 0 Å². The average molecular weight is 417 g/mol. The molecule has 9 atom stereocenters. The second kappa shape index (κ2) is 9.56. The van der Waals surface area contributed by atoms with E-state index in [1.807, 2.05) is 0 Å². The minimum atomic E-state index is -0.484. The van der Waals surface area contributed by atoms with E-state index in [0.29, 0.717) is 24.2 Å². The van der Waals surface area contributed by atoms with Gasteiger partial charge in [-0.2, -0.15) is 0 Å². The Labute approximate surface area is 181 Å². The largest absolute Gasteiger partial charge is 0.462 e. The number of hydrogen-bond donors (Lipinski definition) is 2. The van der Waals surface area contributed by atoms with Crippen molar-refractivity contribution in [2.24, 2.45) is 35.5 Å². The number of fused-ring (bicyclic) bond motifs is 5. The van der Waals surface area contributed by atoms with Gasteiger partial charge in [0, 0.05) is 0 Å². The molecule has 0 aromatic carbocycles. The zero-order chi connectivity index (χ0) is 21.3. The number of carbonyl (C=O) groups is 1. The van der Waals surface area contributed by atoms with Gasteiger partial charge in [0.05, 0.1) is 18.6 Å². The Morgan fingerprint density at radius 2 is 1.90 bits per heavy atom. The highest BCUT2D eigenvalue weighted by molar-refractivity contribution is 5.71. The van der Waals surface area contributed by atoms with Gasteiger partial charge in [-0.3, -0.25) is 4.79 Å². The third kappa shape index (κ3) is 4.55. The molecule has 0 spiro atoms. The lowest BCUT2D eigenvalue weighted by Crippen LogP contribution is -2.32. The summed E-state index contributed by atoms with van der Waals surface area (Å²) in [5, 5.41) is 21.5. The second-order valence-corrected chi connectivity index (χ2v) is 10.4. The van der Waals surface area contributed by atoms with Crippen LogP contribution in [-0.4, -0.2) is 34.5 Å². The molecule has 168 valence electrons. The molecule has 1 saturated heterocycles. The first-order chi connectivity index (χ1) is 14.5. The van der Waals surface area contributed by atoms with Crippen LogP contribution in [0, 0.1) is 35.5 Å². The number of cyclic esters (lactones) is 1. The predicted molar refractivity (Wildman–Crippen MR) is 118 cm³/mol. The maximum absolute atomic E-state index is 13.0. The lowest BCUT2D eigenvalue weighted by molar-refractivity contribution is -0.151. The van der Waals surface area contributed by atoms with Gasteiger partial charge >= 0.3 is 5.97 Å². The summed E-state index contributed by atoms with van der Waals surface area (Å²) in [6, 6.07) is 0. The zero-order valence-corrected chi connectivity index (χ0v) is 18.7. The van der Waals surface area contributed by atoms with Crippen LogP contribution in [0.3, 0.4) is 0 Å². The molecular formula is C26H40O4. The van der Waals surface area contributed by atoms with Crippen LogP contribution in [0.25, 0.3) is 0 Å². The van der Waals surface area contributed by atoms with Gasteiger partial charge in [-0.05, 0) is 79.6 Å². The molecule has 1 heterocycles. The monoisotopic (exact) mass is 416 g/mol. The van der Waals surface area contributed by atoms with Gasteiger partial charge in [0.15, 0.2) is 0 Å². The van der Waals surface area contributed by atoms with E-state index in [1.54, 1.807) is 0 Å². The van der Waals surface area contributed by atoms with E-state index in [-0.39, 0.29) is 35.9 Å². The van der Waals surface area contributed by atoms with Crippen LogP contribution >= 0.6 is 0 Å². The lowest BCUT2D eigenvalue weighted by Gasteiger charge is -2.35. The van der Waals surface area contributed by atoms with Gasteiger partial charge in [-0.1, -0.05) is 51.3 Å². The summed E-state index contributed by atoms with van der Waals surface area (Å²) in [6.07, 6.45) is 15.5. The maximum Gasteiger partial charge on any atom is 0.306 e. The molecule has 2 fully saturated rings. The lowest BCUT2D eigenvalue weighted by atomic mass is 9.70. The highest BCUT2D eigenvalue weighted by Gasteiger charge is 2.49. The standard InChI is InChI=1S/C26H40O4/c1-3-4-8-19-9-6-5-7-16(2)26(29)24-14-22-20(23(24)15-25(28)30-19)11-10-17-12-18(27)13-21(17)22/h10-11,14,16-23,26-27,29H,3-9,12-13,15H2,1-2H3. The Balaban J connectivity index is 1.57. The van der Waals surface area contributed by atoms with Gasteiger partial charge in [0.1, 0.15) is 6.10 Å². The van der Waals surface area contributed by atoms with E-state index in [1.165, 1.54) is 0 Å². The van der Waals surface area contributed by atoms with Gasteiger partial charge in [-0.15, -0.1) is 0 Å². The van der Waals surface area contributed by atoms with E-state index >= 15 is 0 Å². The smallest absolute Gasteiger partial charge is 0.306 e. The number of esters is 1. The predicted octanol–water partition coefficient (Wildman–Crippen LogP) is 4.80. The summed E-state index contributed by atoms with van der Waals surface area (Å²) in [5.74, 6) is 1.57. The summed E-state index contributed by atoms with van der Waals surface area (Å²) >= 11 is 0. The Hall–Kier alpha value is -1.13. The SMILES string of the molecule is CCCCC1CCCCC(C)C(O)C2=CC3C(C=CC4CC(O)CC43)C2CC(=O)O1. The first-order valence-corrected chi connectivity index (χ1v) is 12.4. The summed E-state index contributed by atoms with van der Waals surface area (Å²) in [4.78, 5) is 13.0. The van der Waals surface area contributed by atoms with E-state index in [9.17, 15) is 15.0 Å². The highest BCUT2D eigenvalue weighted by Crippen LogP contribution is 2.54. The topological polar surface area (TPSA) is 66.8 Å². The number of aliphatic hydroxyl groups excluding tert-OH is 2. The van der Waals surface area contributed by atoms with Crippen molar-refractivity contribution in [1.82, 2.24) is 0 Å². The van der Waals surface area contributed by atoms with Crippen molar-refractivity contribution in [3.05, 3.63) is 23.8 Å². The van der Waals surface area contributed by atoms with Crippen molar-refractivity contribution in [3.63, 3.8) is 0 Å². The van der Waals surface area contributed by atoms with Crippen molar-refractivity contribution in [3.8, 4) is 0 Å². The van der Waals surface area contributed by atoms with Gasteiger partial charge in [0.25, 0.3) is 0 Å². The van der Waals surface area contributed by atoms with E-state index in [0.717, 1.165) is 63.4 Å². The van der Waals surface area contributed by atoms with Crippen LogP contribution in [0.15, 0.2) is 23.8 Å². The van der Waals surface area contributed by atoms with Crippen molar-refractivity contribution in [2.45, 2.75) is 96.4 Å². The van der Waals surface area contributed by atoms with Gasteiger partial charge in [0.2, 0.25) is 0 Å². The Morgan fingerprint density at radius 1 is 1.10 bits per heavy atom. The zero-order valence-electron chi connectivity index (χ0n) is 18.7. The molecule has 4 rings (SSSR count). The second-order valence-electron chi connectivity index (χ2n) is 10.4. The van der Waals surface area contributed by atoms with E-state index in [2.05, 4.69) is 32.1 Å². The average Bonchev–Trinajstić information content (AvgIpc) is 3.27. The molecule has 0 aromatic rings. The fourth-order valence-electron chi connectivity index (χ4n) is 6.63. The van der Waals surface area contributed by atoms with E-state index < -0.39 is 6.10 Å². The van der Waals surface area contributed by atoms with E-state index in [4.69, 9.17) is 4.74 Å². The molecule has 4 aliphatic rings. The highest BCUT2D eigenvalue weighted by atomic mass is 16.5. The minimum absolute atomic E-state index is 0.0288. The van der Waals surface area contributed by atoms with Crippen LogP contribution in [-0.2, 0) is 9.53 Å². The molecule has 4 nitrogen and oxygen atoms in total. The van der Waals surface area contributed by atoms with Crippen molar-refractivity contribution in [2.75, 3.05) is 0 Å². The molecule has 1 saturated carbocycles. The molecule has 1 aliphatic heterocycles. The fraction of sp³-hybridized carbons (Fsp3) is 0.808. The number of hydrogen-bond acceptors (Lipinski definition) is 4. The molecule has 0 amide bonds. The summed E-state index contributed by atoms with van der Waals surface area (Å²) in [5.41, 5.74) is 1.06. The number of ether oxygens (including phenoxy) is 1. The molecule has 2 N–H and O–H groups in total. The van der Waals surface area contributed by atoms with Gasteiger partial charge in [-0.25, -0.2) is 0 Å². The molecular weight excluding hydrogens is 376 g/mol. The third-order valence-electron chi connectivity index (χ3n) is 8.32. The van der Waals surface area contributed by atoms with Crippen LogP contribution in [0.5, 0.6) is 0 Å². The molecule has 9 unspecified atom stereocenters. The first kappa shape index (κ1) is 22.1. The fourth-order valence-corrected chi connectivity index (χ4v) is 6.63. The first-order valence-electron chi connectivity index (χ1n) is 12.4. The number of rotatable bonds is 3. The number of unbranched alkanes of at least 4 members (excludes halogenated alkanes) is 1. The number of allylic oxidation sites excluding steroid dienone is 3. The van der Waals surface area contributed by atoms with Crippen LogP contribution in [0.1, 0.15) is 78.1 Å². The summed E-state index contributed by atoms with van der Waals surface area (Å²) in [7, 11) is 0. The molecule has 30 heavy (non-hydrogen) atoms. The number of carbonyl (C=O) groups excluding carboxylic acids is 1. The molecule has 3 aliphatic carbocycles. The van der Waals surface area contributed by atoms with Crippen LogP contribution in [0.2, 0.25) is 0 Å². The number of aliphatic hydroxyl groups is 2. The van der Waals surface area contributed by atoms with Gasteiger partial charge < -0.3 is 14.9 Å². The molecule has 4 heteroatoms. The summed E-state index contributed by atoms with van der Waals surface area (Å²) < 4.78 is 5.97. The summed E-state index contributed by atoms with van der Waals surface area (Å²) in [6.45, 7) is 4.33. The molecule has 0 aromatic heterocycles. The van der Waals surface area contributed by atoms with Crippen molar-refractivity contribution < 1.29 is 19.7 Å². The normalized spacial score (nSPS) is 44.2. The van der Waals surface area contributed by atoms with Crippen molar-refractivity contribution >= 4 is 5.97 Å². The molecule has 0 radical (unpaired) electrons.